The fourth-order valence-corrected chi connectivity index (χ4v) is 3.55. The molecular weight excluding hydrogens is 326 g/mol. The molecule has 0 unspecified atom stereocenters. The molecule has 0 bridgehead atoms. The van der Waals surface area contributed by atoms with Crippen molar-refractivity contribution in [3.63, 3.8) is 0 Å². The predicted molar refractivity (Wildman–Crippen MR) is 103 cm³/mol. The van der Waals surface area contributed by atoms with Crippen molar-refractivity contribution in [3.05, 3.63) is 55.6 Å². The summed E-state index contributed by atoms with van der Waals surface area (Å²) in [6.45, 7) is 5.06. The van der Waals surface area contributed by atoms with Crippen LogP contribution in [0.25, 0.3) is 22.2 Å². The van der Waals surface area contributed by atoms with Gasteiger partial charge in [-0.05, 0) is 36.3 Å². The van der Waals surface area contributed by atoms with Gasteiger partial charge >= 0.3 is 0 Å². The summed E-state index contributed by atoms with van der Waals surface area (Å²) in [4.78, 5) is 27.8. The Morgan fingerprint density at radius 3 is 3.00 bits per heavy atom. The molecule has 1 fully saturated rings. The zero-order chi connectivity index (χ0) is 18.1. The number of hydrogen-bond acceptors (Lipinski definition) is 4. The standard InChI is InChI=1S/C20H21N5O/c1-3-19(26)25-9-6-15(13-25)24(2)16-10-17-18(12-23-20(17)22-11-16)14-4-7-21-8-5-14/h3-5,7-8,10-12,15H,1,6,9,13H2,2H3,(H,22,23)/t15-/m1/s1. The second-order valence-electron chi connectivity index (χ2n) is 6.57. The van der Waals surface area contributed by atoms with Gasteiger partial charge in [0.25, 0.3) is 0 Å². The van der Waals surface area contributed by atoms with Gasteiger partial charge in [0.2, 0.25) is 5.91 Å². The van der Waals surface area contributed by atoms with Crippen LogP contribution in [-0.2, 0) is 4.79 Å². The van der Waals surface area contributed by atoms with Crippen molar-refractivity contribution >= 4 is 22.6 Å². The van der Waals surface area contributed by atoms with Gasteiger partial charge in [-0.3, -0.25) is 9.78 Å². The molecule has 1 aliphatic rings. The first-order valence-electron chi connectivity index (χ1n) is 8.69. The lowest BCUT2D eigenvalue weighted by molar-refractivity contribution is -0.125. The van der Waals surface area contributed by atoms with Gasteiger partial charge in [-0.2, -0.15) is 0 Å². The summed E-state index contributed by atoms with van der Waals surface area (Å²) in [5.41, 5.74) is 4.13. The highest BCUT2D eigenvalue weighted by Crippen LogP contribution is 2.31. The zero-order valence-corrected chi connectivity index (χ0v) is 14.7. The SMILES string of the molecule is C=CC(=O)N1CC[C@@H](N(C)c2cnc3[nH]cc(-c4ccncc4)c3c2)C1. The van der Waals surface area contributed by atoms with Crippen LogP contribution in [0.4, 0.5) is 5.69 Å². The summed E-state index contributed by atoms with van der Waals surface area (Å²) in [7, 11) is 2.06. The average molecular weight is 347 g/mol. The van der Waals surface area contributed by atoms with E-state index < -0.39 is 0 Å². The molecule has 1 saturated heterocycles. The third kappa shape index (κ3) is 2.83. The van der Waals surface area contributed by atoms with Crippen LogP contribution in [0.1, 0.15) is 6.42 Å². The fraction of sp³-hybridized carbons (Fsp3) is 0.250. The van der Waals surface area contributed by atoms with Crippen LogP contribution in [-0.4, -0.2) is 51.9 Å². The first kappa shape index (κ1) is 16.3. The van der Waals surface area contributed by atoms with Gasteiger partial charge in [0.1, 0.15) is 5.65 Å². The van der Waals surface area contributed by atoms with E-state index in [1.165, 1.54) is 6.08 Å². The van der Waals surface area contributed by atoms with Crippen LogP contribution in [0.5, 0.6) is 0 Å². The van der Waals surface area contributed by atoms with Crippen molar-refractivity contribution in [3.8, 4) is 11.1 Å². The van der Waals surface area contributed by atoms with Crippen LogP contribution in [0.2, 0.25) is 0 Å². The van der Waals surface area contributed by atoms with E-state index in [4.69, 9.17) is 0 Å². The van der Waals surface area contributed by atoms with E-state index >= 15 is 0 Å². The first-order chi connectivity index (χ1) is 12.7. The average Bonchev–Trinajstić information content (AvgIpc) is 3.34. The van der Waals surface area contributed by atoms with Crippen molar-refractivity contribution in [1.82, 2.24) is 19.9 Å². The lowest BCUT2D eigenvalue weighted by Crippen LogP contribution is -2.36. The number of likely N-dealkylation sites (tertiary alicyclic amines) is 1. The normalized spacial score (nSPS) is 16.8. The van der Waals surface area contributed by atoms with Gasteiger partial charge < -0.3 is 14.8 Å². The maximum atomic E-state index is 11.8. The van der Waals surface area contributed by atoms with Crippen LogP contribution in [0.15, 0.2) is 55.6 Å². The number of hydrogen-bond donors (Lipinski definition) is 1. The van der Waals surface area contributed by atoms with Gasteiger partial charge in [0, 0.05) is 55.7 Å². The molecule has 4 heterocycles. The number of anilines is 1. The molecule has 0 aromatic carbocycles. The van der Waals surface area contributed by atoms with Gasteiger partial charge in [-0.15, -0.1) is 0 Å². The number of aromatic amines is 1. The number of nitrogens with zero attached hydrogens (tertiary/aromatic N) is 4. The smallest absolute Gasteiger partial charge is 0.246 e. The number of carbonyl (C=O) groups excluding carboxylic acids is 1. The van der Waals surface area contributed by atoms with Crippen molar-refractivity contribution in [2.75, 3.05) is 25.0 Å². The number of H-pyrrole nitrogens is 1. The molecular formula is C20H21N5O. The quantitative estimate of drug-likeness (QED) is 0.737. The molecule has 6 heteroatoms. The Balaban J connectivity index is 1.63. The van der Waals surface area contributed by atoms with Gasteiger partial charge in [-0.1, -0.05) is 6.58 Å². The molecule has 6 nitrogen and oxygen atoms in total. The third-order valence-corrected chi connectivity index (χ3v) is 5.11. The summed E-state index contributed by atoms with van der Waals surface area (Å²) in [5.74, 6) is 0.0000787. The number of pyridine rings is 2. The van der Waals surface area contributed by atoms with Crippen LogP contribution in [0, 0.1) is 0 Å². The number of aromatic nitrogens is 3. The maximum Gasteiger partial charge on any atom is 0.246 e. The molecule has 26 heavy (non-hydrogen) atoms. The summed E-state index contributed by atoms with van der Waals surface area (Å²) < 4.78 is 0. The molecule has 3 aromatic heterocycles. The van der Waals surface area contributed by atoms with E-state index in [0.717, 1.165) is 40.8 Å². The van der Waals surface area contributed by atoms with E-state index in [1.807, 2.05) is 29.4 Å². The number of amides is 1. The van der Waals surface area contributed by atoms with Gasteiger partial charge in [0.05, 0.1) is 11.9 Å². The number of likely N-dealkylation sites (N-methyl/N-ethyl adjacent to an activating group) is 1. The third-order valence-electron chi connectivity index (χ3n) is 5.11. The lowest BCUT2D eigenvalue weighted by atomic mass is 10.1. The Kier molecular flexibility index (Phi) is 4.16. The molecule has 3 aromatic rings. The van der Waals surface area contributed by atoms with Crippen LogP contribution in [0.3, 0.4) is 0 Å². The van der Waals surface area contributed by atoms with Crippen molar-refractivity contribution in [2.45, 2.75) is 12.5 Å². The lowest BCUT2D eigenvalue weighted by Gasteiger charge is -2.26. The Bertz CT molecular complexity index is 949. The summed E-state index contributed by atoms with van der Waals surface area (Å²) in [6.07, 6.45) is 9.78. The molecule has 132 valence electrons. The summed E-state index contributed by atoms with van der Waals surface area (Å²) in [5, 5.41) is 1.08. The topological polar surface area (TPSA) is 65.1 Å². The number of carbonyl (C=O) groups is 1. The Hall–Kier alpha value is -3.15. The highest BCUT2D eigenvalue weighted by molar-refractivity contribution is 5.95. The predicted octanol–water partition coefficient (Wildman–Crippen LogP) is 2.85. The van der Waals surface area contributed by atoms with E-state index in [0.29, 0.717) is 6.54 Å². The van der Waals surface area contributed by atoms with Crippen molar-refractivity contribution in [1.29, 1.82) is 0 Å². The van der Waals surface area contributed by atoms with E-state index in [2.05, 4.69) is 39.5 Å². The van der Waals surface area contributed by atoms with E-state index in [1.54, 1.807) is 12.4 Å². The molecule has 4 rings (SSSR count). The Morgan fingerprint density at radius 2 is 2.23 bits per heavy atom. The van der Waals surface area contributed by atoms with Crippen molar-refractivity contribution in [2.24, 2.45) is 0 Å². The minimum absolute atomic E-state index is 0.0000787. The Labute approximate surface area is 152 Å². The molecule has 0 saturated carbocycles. The van der Waals surface area contributed by atoms with E-state index in [9.17, 15) is 4.79 Å². The van der Waals surface area contributed by atoms with Crippen molar-refractivity contribution < 1.29 is 4.79 Å². The maximum absolute atomic E-state index is 11.8. The first-order valence-corrected chi connectivity index (χ1v) is 8.69. The van der Waals surface area contributed by atoms with Crippen LogP contribution >= 0.6 is 0 Å². The molecule has 1 atom stereocenters. The fourth-order valence-electron chi connectivity index (χ4n) is 3.55. The molecule has 0 radical (unpaired) electrons. The largest absolute Gasteiger partial charge is 0.368 e. The second-order valence-corrected chi connectivity index (χ2v) is 6.57. The highest BCUT2D eigenvalue weighted by Gasteiger charge is 2.28. The molecule has 1 aliphatic heterocycles. The number of nitrogens with one attached hydrogen (secondary N) is 1. The minimum Gasteiger partial charge on any atom is -0.368 e. The minimum atomic E-state index is 0.0000787. The second kappa shape index (κ2) is 6.63. The van der Waals surface area contributed by atoms with Gasteiger partial charge in [-0.25, -0.2) is 4.98 Å². The van der Waals surface area contributed by atoms with Gasteiger partial charge in [0.15, 0.2) is 0 Å². The van der Waals surface area contributed by atoms with Crippen LogP contribution < -0.4 is 4.90 Å². The molecule has 0 aliphatic carbocycles. The molecule has 0 spiro atoms. The Morgan fingerprint density at radius 1 is 1.42 bits per heavy atom. The summed E-state index contributed by atoms with van der Waals surface area (Å²) in [6, 6.07) is 6.43. The monoisotopic (exact) mass is 347 g/mol. The summed E-state index contributed by atoms with van der Waals surface area (Å²) >= 11 is 0. The number of rotatable bonds is 4. The molecule has 1 N–H and O–H groups in total. The van der Waals surface area contributed by atoms with E-state index in [-0.39, 0.29) is 11.9 Å². The number of fused-ring (bicyclic) bond motifs is 1. The highest BCUT2D eigenvalue weighted by atomic mass is 16.2. The zero-order valence-electron chi connectivity index (χ0n) is 14.7. The molecule has 1 amide bonds.